The van der Waals surface area contributed by atoms with E-state index in [4.69, 9.17) is 4.74 Å². The zero-order chi connectivity index (χ0) is 15.1. The highest BCUT2D eigenvalue weighted by Crippen LogP contribution is 2.18. The highest BCUT2D eigenvalue weighted by atomic mass is 16.5. The van der Waals surface area contributed by atoms with Gasteiger partial charge in [0.2, 0.25) is 11.8 Å². The molecule has 0 saturated carbocycles. The van der Waals surface area contributed by atoms with Crippen molar-refractivity contribution in [3.05, 3.63) is 0 Å². The van der Waals surface area contributed by atoms with Crippen LogP contribution in [-0.2, 0) is 14.3 Å². The topological polar surface area (TPSA) is 78.9 Å². The Morgan fingerprint density at radius 3 is 2.75 bits per heavy atom. The van der Waals surface area contributed by atoms with Crippen LogP contribution in [0, 0.1) is 11.8 Å². The first-order chi connectivity index (χ1) is 9.45. The van der Waals surface area contributed by atoms with Gasteiger partial charge in [0, 0.05) is 32.7 Å². The molecule has 0 bridgehead atoms. The van der Waals surface area contributed by atoms with Gasteiger partial charge in [-0.2, -0.15) is 0 Å². The zero-order valence-electron chi connectivity index (χ0n) is 12.6. The number of aliphatic hydroxyl groups is 1. The van der Waals surface area contributed by atoms with Crippen LogP contribution in [-0.4, -0.2) is 61.3 Å². The van der Waals surface area contributed by atoms with E-state index < -0.39 is 6.10 Å². The Morgan fingerprint density at radius 1 is 1.45 bits per heavy atom. The van der Waals surface area contributed by atoms with Gasteiger partial charge >= 0.3 is 0 Å². The fraction of sp³-hybridized carbons (Fsp3) is 0.857. The number of piperidine rings is 1. The summed E-state index contributed by atoms with van der Waals surface area (Å²) in [6.45, 7) is 5.32. The molecule has 2 amide bonds. The standard InChI is InChI=1S/C14H26N2O4/c1-10(2)14(19)16-6-4-5-11(8-16)13(18)15-7-12(17)9-20-3/h10-12,17H,4-9H2,1-3H3,(H,15,18). The van der Waals surface area contributed by atoms with Gasteiger partial charge in [0.15, 0.2) is 0 Å². The Morgan fingerprint density at radius 2 is 2.15 bits per heavy atom. The van der Waals surface area contributed by atoms with E-state index in [-0.39, 0.29) is 36.8 Å². The molecule has 6 nitrogen and oxygen atoms in total. The minimum atomic E-state index is -0.694. The fourth-order valence-corrected chi connectivity index (χ4v) is 2.37. The molecule has 1 heterocycles. The Hall–Kier alpha value is -1.14. The molecule has 2 unspecified atom stereocenters. The number of nitrogens with zero attached hydrogens (tertiary/aromatic N) is 1. The van der Waals surface area contributed by atoms with Crippen LogP contribution in [0.5, 0.6) is 0 Å². The molecule has 2 N–H and O–H groups in total. The lowest BCUT2D eigenvalue weighted by atomic mass is 9.96. The van der Waals surface area contributed by atoms with Crippen LogP contribution in [0.3, 0.4) is 0 Å². The number of likely N-dealkylation sites (tertiary alicyclic amines) is 1. The van der Waals surface area contributed by atoms with Gasteiger partial charge in [0.05, 0.1) is 18.6 Å². The SMILES string of the molecule is COCC(O)CNC(=O)C1CCCN(C(=O)C(C)C)C1. The van der Waals surface area contributed by atoms with E-state index in [1.807, 2.05) is 13.8 Å². The van der Waals surface area contributed by atoms with Crippen LogP contribution < -0.4 is 5.32 Å². The number of carbonyl (C=O) groups excluding carboxylic acids is 2. The van der Waals surface area contributed by atoms with E-state index >= 15 is 0 Å². The van der Waals surface area contributed by atoms with Gasteiger partial charge in [-0.1, -0.05) is 13.8 Å². The van der Waals surface area contributed by atoms with Crippen molar-refractivity contribution in [2.45, 2.75) is 32.8 Å². The van der Waals surface area contributed by atoms with E-state index in [1.54, 1.807) is 4.90 Å². The van der Waals surface area contributed by atoms with Crippen molar-refractivity contribution in [1.29, 1.82) is 0 Å². The van der Waals surface area contributed by atoms with Crippen molar-refractivity contribution >= 4 is 11.8 Å². The second kappa shape index (κ2) is 8.21. The number of methoxy groups -OCH3 is 1. The number of amides is 2. The molecule has 0 aromatic rings. The molecular formula is C14H26N2O4. The molecule has 2 atom stereocenters. The van der Waals surface area contributed by atoms with E-state index in [2.05, 4.69) is 5.32 Å². The highest BCUT2D eigenvalue weighted by Gasteiger charge is 2.29. The Labute approximate surface area is 120 Å². The van der Waals surface area contributed by atoms with E-state index in [1.165, 1.54) is 7.11 Å². The highest BCUT2D eigenvalue weighted by molar-refractivity contribution is 5.82. The molecule has 0 radical (unpaired) electrons. The molecule has 6 heteroatoms. The van der Waals surface area contributed by atoms with Crippen molar-refractivity contribution in [3.63, 3.8) is 0 Å². The van der Waals surface area contributed by atoms with Crippen LogP contribution in [0.25, 0.3) is 0 Å². The second-order valence-electron chi connectivity index (χ2n) is 5.63. The third-order valence-corrected chi connectivity index (χ3v) is 3.47. The molecule has 0 spiro atoms. The van der Waals surface area contributed by atoms with Gasteiger partial charge in [-0.25, -0.2) is 0 Å². The van der Waals surface area contributed by atoms with Gasteiger partial charge in [-0.05, 0) is 12.8 Å². The maximum absolute atomic E-state index is 12.0. The van der Waals surface area contributed by atoms with Crippen LogP contribution >= 0.6 is 0 Å². The van der Waals surface area contributed by atoms with Gasteiger partial charge in [-0.3, -0.25) is 9.59 Å². The number of hydrogen-bond donors (Lipinski definition) is 2. The summed E-state index contributed by atoms with van der Waals surface area (Å²) in [4.78, 5) is 25.8. The molecular weight excluding hydrogens is 260 g/mol. The van der Waals surface area contributed by atoms with Crippen LogP contribution in [0.4, 0.5) is 0 Å². The molecule has 1 aliphatic rings. The second-order valence-corrected chi connectivity index (χ2v) is 5.63. The van der Waals surface area contributed by atoms with Crippen LogP contribution in [0.2, 0.25) is 0 Å². The molecule has 0 aromatic carbocycles. The number of aliphatic hydroxyl groups excluding tert-OH is 1. The predicted molar refractivity (Wildman–Crippen MR) is 75.0 cm³/mol. The van der Waals surface area contributed by atoms with Gasteiger partial charge in [0.1, 0.15) is 0 Å². The van der Waals surface area contributed by atoms with Crippen molar-refractivity contribution in [1.82, 2.24) is 10.2 Å². The first kappa shape index (κ1) is 16.9. The van der Waals surface area contributed by atoms with Crippen molar-refractivity contribution in [2.24, 2.45) is 11.8 Å². The van der Waals surface area contributed by atoms with Crippen LogP contribution in [0.15, 0.2) is 0 Å². The van der Waals surface area contributed by atoms with Crippen molar-refractivity contribution < 1.29 is 19.4 Å². The molecule has 0 aromatic heterocycles. The van der Waals surface area contributed by atoms with E-state index in [9.17, 15) is 14.7 Å². The minimum Gasteiger partial charge on any atom is -0.389 e. The monoisotopic (exact) mass is 286 g/mol. The number of ether oxygens (including phenoxy) is 1. The lowest BCUT2D eigenvalue weighted by molar-refractivity contribution is -0.138. The minimum absolute atomic E-state index is 0.0414. The summed E-state index contributed by atoms with van der Waals surface area (Å²) in [5.41, 5.74) is 0. The fourth-order valence-electron chi connectivity index (χ4n) is 2.37. The zero-order valence-corrected chi connectivity index (χ0v) is 12.6. The first-order valence-corrected chi connectivity index (χ1v) is 7.19. The van der Waals surface area contributed by atoms with Gasteiger partial charge in [-0.15, -0.1) is 0 Å². The summed E-state index contributed by atoms with van der Waals surface area (Å²) >= 11 is 0. The average molecular weight is 286 g/mol. The molecule has 1 aliphatic heterocycles. The lowest BCUT2D eigenvalue weighted by Crippen LogP contribution is -2.47. The smallest absolute Gasteiger partial charge is 0.225 e. The molecule has 116 valence electrons. The predicted octanol–water partition coefficient (Wildman–Crippen LogP) is 0.00450. The number of carbonyl (C=O) groups is 2. The van der Waals surface area contributed by atoms with Crippen molar-refractivity contribution in [2.75, 3.05) is 33.4 Å². The normalized spacial score (nSPS) is 20.9. The Kier molecular flexibility index (Phi) is 6.95. The molecule has 1 rings (SSSR count). The maximum atomic E-state index is 12.0. The summed E-state index contributed by atoms with van der Waals surface area (Å²) in [6, 6.07) is 0. The Balaban J connectivity index is 2.42. The molecule has 0 aliphatic carbocycles. The first-order valence-electron chi connectivity index (χ1n) is 7.19. The van der Waals surface area contributed by atoms with Crippen LogP contribution in [0.1, 0.15) is 26.7 Å². The van der Waals surface area contributed by atoms with Crippen molar-refractivity contribution in [3.8, 4) is 0 Å². The largest absolute Gasteiger partial charge is 0.389 e. The number of rotatable bonds is 6. The molecule has 20 heavy (non-hydrogen) atoms. The van der Waals surface area contributed by atoms with E-state index in [0.717, 1.165) is 19.4 Å². The average Bonchev–Trinajstić information content (AvgIpc) is 2.44. The number of nitrogens with one attached hydrogen (secondary N) is 1. The van der Waals surface area contributed by atoms with Gasteiger partial charge < -0.3 is 20.1 Å². The Bertz CT molecular complexity index is 333. The summed E-state index contributed by atoms with van der Waals surface area (Å²) in [5, 5.41) is 12.2. The molecule has 1 saturated heterocycles. The quantitative estimate of drug-likeness (QED) is 0.720. The summed E-state index contributed by atoms with van der Waals surface area (Å²) < 4.78 is 4.80. The summed E-state index contributed by atoms with van der Waals surface area (Å²) in [5.74, 6) is -0.218. The third kappa shape index (κ3) is 5.09. The summed E-state index contributed by atoms with van der Waals surface area (Å²) in [6.07, 6.45) is 0.937. The lowest BCUT2D eigenvalue weighted by Gasteiger charge is -2.33. The third-order valence-electron chi connectivity index (χ3n) is 3.47. The summed E-state index contributed by atoms with van der Waals surface area (Å²) in [7, 11) is 1.50. The maximum Gasteiger partial charge on any atom is 0.225 e. The molecule has 1 fully saturated rings. The van der Waals surface area contributed by atoms with E-state index in [0.29, 0.717) is 6.54 Å². The number of hydrogen-bond acceptors (Lipinski definition) is 4. The van der Waals surface area contributed by atoms with Gasteiger partial charge in [0.25, 0.3) is 0 Å².